The van der Waals surface area contributed by atoms with Gasteiger partial charge in [0.2, 0.25) is 0 Å². The Kier molecular flexibility index (Phi) is 8.37. The smallest absolute Gasteiger partial charge is 0.507 e. The van der Waals surface area contributed by atoms with Crippen LogP contribution < -0.4 is 14.8 Å². The molecule has 3 rings (SSSR count). The van der Waals surface area contributed by atoms with Gasteiger partial charge in [-0.1, -0.05) is 48.0 Å². The van der Waals surface area contributed by atoms with Crippen LogP contribution in [0.25, 0.3) is 0 Å². The number of aromatic hydroxyl groups is 1. The van der Waals surface area contributed by atoms with Gasteiger partial charge in [0.05, 0.1) is 5.30 Å². The summed E-state index contributed by atoms with van der Waals surface area (Å²) in [6.07, 6.45) is 2.58. The molecule has 1 aliphatic carbocycles. The van der Waals surface area contributed by atoms with Crippen molar-refractivity contribution in [2.24, 2.45) is 23.2 Å². The third-order valence-corrected chi connectivity index (χ3v) is 11.0. The van der Waals surface area contributed by atoms with Crippen LogP contribution in [0.4, 0.5) is 4.79 Å². The van der Waals surface area contributed by atoms with Gasteiger partial charge in [-0.3, -0.25) is 0 Å². The third-order valence-electron chi connectivity index (χ3n) is 6.41. The molecule has 1 fully saturated rings. The van der Waals surface area contributed by atoms with E-state index in [9.17, 15) is 14.5 Å². The van der Waals surface area contributed by atoms with Crippen molar-refractivity contribution in [1.29, 1.82) is 0 Å². The van der Waals surface area contributed by atoms with Gasteiger partial charge in [0.25, 0.3) is 0 Å². The molecule has 2 aliphatic rings. The first-order valence-corrected chi connectivity index (χ1v) is 15.2. The SMILES string of the molecule is CC(C)[C@H]1CC[C@H](C)C[C@@H]1OC(=O)Oc1cc(O)c2c(c1)OCP2(=O)CCSCC(C)(C)C. The molecule has 1 N–H and O–H groups in total. The van der Waals surface area contributed by atoms with Gasteiger partial charge in [-0.25, -0.2) is 4.79 Å². The average molecular weight is 499 g/mol. The lowest BCUT2D eigenvalue weighted by Gasteiger charge is -2.36. The molecule has 33 heavy (non-hydrogen) atoms. The summed E-state index contributed by atoms with van der Waals surface area (Å²) in [7, 11) is -2.85. The van der Waals surface area contributed by atoms with Crippen molar-refractivity contribution in [3.05, 3.63) is 12.1 Å². The van der Waals surface area contributed by atoms with Gasteiger partial charge in [-0.15, -0.1) is 0 Å². The molecular formula is C25H39O6PS. The minimum Gasteiger partial charge on any atom is -0.507 e. The van der Waals surface area contributed by atoms with Crippen molar-refractivity contribution in [3.8, 4) is 17.2 Å². The van der Waals surface area contributed by atoms with E-state index in [2.05, 4.69) is 41.5 Å². The van der Waals surface area contributed by atoms with Gasteiger partial charge in [-0.2, -0.15) is 11.8 Å². The molecule has 1 aromatic rings. The van der Waals surface area contributed by atoms with Crippen LogP contribution in [0, 0.1) is 23.2 Å². The Morgan fingerprint density at radius 3 is 2.70 bits per heavy atom. The zero-order valence-electron chi connectivity index (χ0n) is 20.8. The van der Waals surface area contributed by atoms with Gasteiger partial charge in [-0.05, 0) is 41.8 Å². The molecule has 0 saturated heterocycles. The highest BCUT2D eigenvalue weighted by molar-refractivity contribution is 7.99. The first-order valence-electron chi connectivity index (χ1n) is 11.9. The Bertz CT molecular complexity index is 894. The number of fused-ring (bicyclic) bond motifs is 1. The molecule has 4 atom stereocenters. The maximum absolute atomic E-state index is 13.5. The predicted octanol–water partition coefficient (Wildman–Crippen LogP) is 6.49. The lowest BCUT2D eigenvalue weighted by Crippen LogP contribution is -2.36. The summed E-state index contributed by atoms with van der Waals surface area (Å²) in [5.41, 5.74) is 0.205. The number of carbonyl (C=O) groups excluding carboxylic acids is 1. The first-order chi connectivity index (χ1) is 15.4. The number of carbonyl (C=O) groups is 1. The fraction of sp³-hybridized carbons (Fsp3) is 0.720. The number of rotatable bonds is 7. The highest BCUT2D eigenvalue weighted by Gasteiger charge is 2.39. The number of hydrogen-bond donors (Lipinski definition) is 1. The minimum absolute atomic E-state index is 0.0654. The van der Waals surface area contributed by atoms with Crippen molar-refractivity contribution >= 4 is 30.4 Å². The summed E-state index contributed by atoms with van der Waals surface area (Å²) < 4.78 is 30.2. The average Bonchev–Trinajstić information content (AvgIpc) is 3.01. The largest absolute Gasteiger partial charge is 0.514 e. The predicted molar refractivity (Wildman–Crippen MR) is 135 cm³/mol. The number of phenolic OH excluding ortho intramolecular Hbond substituents is 1. The molecule has 0 spiro atoms. The molecule has 186 valence electrons. The van der Waals surface area contributed by atoms with Gasteiger partial charge < -0.3 is 23.9 Å². The van der Waals surface area contributed by atoms with Crippen LogP contribution in [-0.2, 0) is 9.30 Å². The Labute approximate surface area is 202 Å². The van der Waals surface area contributed by atoms with E-state index in [1.807, 2.05) is 0 Å². The van der Waals surface area contributed by atoms with Crippen LogP contribution in [-0.4, -0.2) is 41.4 Å². The van der Waals surface area contributed by atoms with Gasteiger partial charge >= 0.3 is 6.16 Å². The van der Waals surface area contributed by atoms with E-state index in [4.69, 9.17) is 14.2 Å². The third kappa shape index (κ3) is 6.85. The number of thioether (sulfide) groups is 1. The highest BCUT2D eigenvalue weighted by atomic mass is 32.2. The number of hydrogen-bond acceptors (Lipinski definition) is 7. The van der Waals surface area contributed by atoms with Crippen molar-refractivity contribution < 1.29 is 28.7 Å². The zero-order valence-corrected chi connectivity index (χ0v) is 22.5. The molecule has 0 aromatic heterocycles. The van der Waals surface area contributed by atoms with Gasteiger partial charge in [0.15, 0.2) is 7.14 Å². The summed E-state index contributed by atoms with van der Waals surface area (Å²) in [5, 5.41) is 11.0. The zero-order chi connectivity index (χ0) is 24.4. The summed E-state index contributed by atoms with van der Waals surface area (Å²) in [6, 6.07) is 2.87. The van der Waals surface area contributed by atoms with Gasteiger partial charge in [0, 0.05) is 24.0 Å². The van der Waals surface area contributed by atoms with Crippen LogP contribution in [0.1, 0.15) is 60.8 Å². The molecular weight excluding hydrogens is 459 g/mol. The quantitative estimate of drug-likeness (QED) is 0.199. The van der Waals surface area contributed by atoms with Crippen LogP contribution in [0.3, 0.4) is 0 Å². The summed E-state index contributed by atoms with van der Waals surface area (Å²) >= 11 is 1.76. The Hall–Kier alpha value is -1.33. The van der Waals surface area contributed by atoms with E-state index in [0.29, 0.717) is 35.0 Å². The van der Waals surface area contributed by atoms with E-state index in [-0.39, 0.29) is 29.4 Å². The van der Waals surface area contributed by atoms with Crippen LogP contribution >= 0.6 is 18.9 Å². The summed E-state index contributed by atoms with van der Waals surface area (Å²) in [5.74, 6) is 3.26. The highest BCUT2D eigenvalue weighted by Crippen LogP contribution is 2.55. The van der Waals surface area contributed by atoms with Crippen molar-refractivity contribution in [2.45, 2.75) is 66.9 Å². The Morgan fingerprint density at radius 2 is 2.03 bits per heavy atom. The van der Waals surface area contributed by atoms with Gasteiger partial charge in [0.1, 0.15) is 29.7 Å². The molecule has 6 nitrogen and oxygen atoms in total. The van der Waals surface area contributed by atoms with Crippen molar-refractivity contribution in [2.75, 3.05) is 24.0 Å². The molecule has 0 bridgehead atoms. The fourth-order valence-electron chi connectivity index (χ4n) is 4.65. The molecule has 1 unspecified atom stereocenters. The van der Waals surface area contributed by atoms with E-state index >= 15 is 0 Å². The molecule has 0 amide bonds. The lowest BCUT2D eigenvalue weighted by molar-refractivity contribution is -0.0137. The molecule has 1 aromatic carbocycles. The fourth-order valence-corrected chi connectivity index (χ4v) is 8.94. The first kappa shape index (κ1) is 26.3. The lowest BCUT2D eigenvalue weighted by atomic mass is 9.75. The van der Waals surface area contributed by atoms with Crippen LogP contribution in [0.2, 0.25) is 0 Å². The Balaban J connectivity index is 1.64. The Morgan fingerprint density at radius 1 is 1.30 bits per heavy atom. The second-order valence-electron chi connectivity index (χ2n) is 11.1. The van der Waals surface area contributed by atoms with E-state index in [0.717, 1.165) is 30.8 Å². The van der Waals surface area contributed by atoms with Crippen molar-refractivity contribution in [1.82, 2.24) is 0 Å². The van der Waals surface area contributed by atoms with Crippen LogP contribution in [0.15, 0.2) is 12.1 Å². The monoisotopic (exact) mass is 498 g/mol. The number of benzene rings is 1. The topological polar surface area (TPSA) is 82.1 Å². The molecule has 0 radical (unpaired) electrons. The standard InChI is InChI=1S/C25H39O6PS/c1-16(2)19-8-7-17(3)11-21(19)31-24(27)30-18-12-20(26)23-22(13-18)29-15-32(23,28)9-10-33-14-25(4,5)6/h12-13,16-17,19,21,26H,7-11,14-15H2,1-6H3/t17-,19+,21-,32?/m0/s1. The maximum atomic E-state index is 13.5. The molecule has 1 aliphatic heterocycles. The maximum Gasteiger partial charge on any atom is 0.514 e. The van der Waals surface area contributed by atoms with E-state index < -0.39 is 13.3 Å². The molecule has 1 saturated carbocycles. The van der Waals surface area contributed by atoms with Crippen molar-refractivity contribution in [3.63, 3.8) is 0 Å². The summed E-state index contributed by atoms with van der Waals surface area (Å²) in [6.45, 7) is 13.0. The molecule has 8 heteroatoms. The van der Waals surface area contributed by atoms with Crippen LogP contribution in [0.5, 0.6) is 17.2 Å². The second kappa shape index (κ2) is 10.5. The number of phenols is 1. The second-order valence-corrected chi connectivity index (χ2v) is 15.2. The van der Waals surface area contributed by atoms with E-state index in [1.165, 1.54) is 12.1 Å². The van der Waals surface area contributed by atoms with E-state index in [1.54, 1.807) is 11.8 Å². The summed E-state index contributed by atoms with van der Waals surface area (Å²) in [4.78, 5) is 12.5. The number of ether oxygens (including phenoxy) is 3. The minimum atomic E-state index is -2.85. The molecule has 1 heterocycles. The normalized spacial score (nSPS) is 27.2.